The fourth-order valence-corrected chi connectivity index (χ4v) is 1.12. The highest BCUT2D eigenvalue weighted by atomic mass is 35.5. The van der Waals surface area contributed by atoms with Crippen molar-refractivity contribution in [2.24, 2.45) is 0 Å². The predicted molar refractivity (Wildman–Crippen MR) is 48.7 cm³/mol. The fourth-order valence-electron chi connectivity index (χ4n) is 0.984. The van der Waals surface area contributed by atoms with E-state index >= 15 is 0 Å². The van der Waals surface area contributed by atoms with Crippen LogP contribution in [-0.2, 0) is 0 Å². The van der Waals surface area contributed by atoms with Crippen molar-refractivity contribution < 1.29 is 22.7 Å². The molecule has 0 radical (unpaired) electrons. The Morgan fingerprint density at radius 3 is 2.50 bits per heavy atom. The maximum Gasteiger partial charge on any atom is 0.574 e. The molecule has 4 nitrogen and oxygen atoms in total. The molecule has 88 valence electrons. The van der Waals surface area contributed by atoms with Gasteiger partial charge in [0.25, 0.3) is 5.24 Å². The van der Waals surface area contributed by atoms with Crippen molar-refractivity contribution in [3.8, 4) is 5.88 Å². The highest BCUT2D eigenvalue weighted by molar-refractivity contribution is 6.67. The van der Waals surface area contributed by atoms with Crippen LogP contribution in [0, 0.1) is 6.92 Å². The number of nitrogens with one attached hydrogen (secondary N) is 1. The second-order valence-electron chi connectivity index (χ2n) is 2.81. The lowest BCUT2D eigenvalue weighted by molar-refractivity contribution is -0.276. The Bertz CT molecular complexity index is 480. The first-order chi connectivity index (χ1) is 7.22. The summed E-state index contributed by atoms with van der Waals surface area (Å²) < 4.78 is 39.2. The Morgan fingerprint density at radius 2 is 2.06 bits per heavy atom. The molecule has 0 fully saturated rings. The van der Waals surface area contributed by atoms with Crippen LogP contribution >= 0.6 is 11.6 Å². The molecule has 0 atom stereocenters. The summed E-state index contributed by atoms with van der Waals surface area (Å²) in [6.45, 7) is 1.09. The van der Waals surface area contributed by atoms with Gasteiger partial charge in [0.2, 0.25) is 5.88 Å². The SMILES string of the molecule is Cc1c(OC(F)(F)F)[nH]cc(C(=O)Cl)c1=O. The molecule has 1 heterocycles. The molecule has 0 aliphatic carbocycles. The largest absolute Gasteiger partial charge is 0.574 e. The summed E-state index contributed by atoms with van der Waals surface area (Å²) in [5, 5.41) is -1.05. The van der Waals surface area contributed by atoms with Gasteiger partial charge in [-0.15, -0.1) is 13.2 Å². The number of halogens is 4. The van der Waals surface area contributed by atoms with Crippen molar-refractivity contribution in [1.82, 2.24) is 4.98 Å². The summed E-state index contributed by atoms with van der Waals surface area (Å²) in [5.74, 6) is -0.765. The van der Waals surface area contributed by atoms with Gasteiger partial charge in [0.05, 0.1) is 11.1 Å². The van der Waals surface area contributed by atoms with E-state index in [0.29, 0.717) is 0 Å². The molecule has 16 heavy (non-hydrogen) atoms. The lowest BCUT2D eigenvalue weighted by Crippen LogP contribution is -2.23. The standard InChI is InChI=1S/C8H5ClF3NO3/c1-3-5(14)4(6(9)15)2-13-7(3)16-8(10,11)12/h2H,1H3,(H,13,14). The van der Waals surface area contributed by atoms with Crippen LogP contribution in [0.15, 0.2) is 11.0 Å². The van der Waals surface area contributed by atoms with Crippen LogP contribution in [0.3, 0.4) is 0 Å². The van der Waals surface area contributed by atoms with E-state index in [-0.39, 0.29) is 5.56 Å². The van der Waals surface area contributed by atoms with E-state index in [2.05, 4.69) is 4.74 Å². The summed E-state index contributed by atoms with van der Waals surface area (Å²) in [4.78, 5) is 24.1. The topological polar surface area (TPSA) is 59.2 Å². The monoisotopic (exact) mass is 255 g/mol. The van der Waals surface area contributed by atoms with Crippen LogP contribution in [0.4, 0.5) is 13.2 Å². The number of hydrogen-bond donors (Lipinski definition) is 1. The molecule has 0 aromatic carbocycles. The maximum absolute atomic E-state index is 11.9. The van der Waals surface area contributed by atoms with Crippen molar-refractivity contribution in [1.29, 1.82) is 0 Å². The van der Waals surface area contributed by atoms with Gasteiger partial charge < -0.3 is 9.72 Å². The summed E-state index contributed by atoms with van der Waals surface area (Å²) in [6.07, 6.45) is -4.15. The second-order valence-corrected chi connectivity index (χ2v) is 3.15. The zero-order valence-electron chi connectivity index (χ0n) is 7.81. The molecule has 0 aliphatic heterocycles. The van der Waals surface area contributed by atoms with E-state index in [1.807, 2.05) is 4.98 Å². The summed E-state index contributed by atoms with van der Waals surface area (Å²) in [5.41, 5.74) is -1.71. The molecular formula is C8H5ClF3NO3. The van der Waals surface area contributed by atoms with E-state index < -0.39 is 28.5 Å². The maximum atomic E-state index is 11.9. The lowest BCUT2D eigenvalue weighted by atomic mass is 10.2. The van der Waals surface area contributed by atoms with Gasteiger partial charge in [-0.05, 0) is 18.5 Å². The molecule has 0 amide bonds. The molecule has 1 aromatic heterocycles. The Balaban J connectivity index is 3.23. The van der Waals surface area contributed by atoms with E-state index in [0.717, 1.165) is 13.1 Å². The number of hydrogen-bond acceptors (Lipinski definition) is 3. The molecule has 1 rings (SSSR count). The van der Waals surface area contributed by atoms with E-state index in [4.69, 9.17) is 11.6 Å². The van der Waals surface area contributed by atoms with Crippen LogP contribution in [-0.4, -0.2) is 16.6 Å². The van der Waals surface area contributed by atoms with E-state index in [9.17, 15) is 22.8 Å². The average Bonchev–Trinajstić information content (AvgIpc) is 2.10. The third-order valence-corrected chi connectivity index (χ3v) is 1.91. The highest BCUT2D eigenvalue weighted by Gasteiger charge is 2.32. The number of ether oxygens (including phenoxy) is 1. The van der Waals surface area contributed by atoms with Gasteiger partial charge in [-0.2, -0.15) is 0 Å². The number of carbonyl (C=O) groups excluding carboxylic acids is 1. The number of rotatable bonds is 2. The third kappa shape index (κ3) is 2.75. The number of aromatic nitrogens is 1. The van der Waals surface area contributed by atoms with Gasteiger partial charge in [0, 0.05) is 6.20 Å². The van der Waals surface area contributed by atoms with Crippen molar-refractivity contribution in [2.75, 3.05) is 0 Å². The van der Waals surface area contributed by atoms with Crippen LogP contribution < -0.4 is 10.2 Å². The first kappa shape index (κ1) is 12.6. The highest BCUT2D eigenvalue weighted by Crippen LogP contribution is 2.22. The molecule has 0 saturated carbocycles. The normalized spacial score (nSPS) is 11.3. The van der Waals surface area contributed by atoms with Gasteiger partial charge in [-0.1, -0.05) is 0 Å². The van der Waals surface area contributed by atoms with Crippen molar-refractivity contribution in [3.63, 3.8) is 0 Å². The summed E-state index contributed by atoms with van der Waals surface area (Å²) in [6, 6.07) is 0. The van der Waals surface area contributed by atoms with Gasteiger partial charge in [-0.3, -0.25) is 9.59 Å². The zero-order chi connectivity index (χ0) is 12.5. The first-order valence-corrected chi connectivity index (χ1v) is 4.28. The molecule has 0 saturated heterocycles. The van der Waals surface area contributed by atoms with Crippen LogP contribution in [0.1, 0.15) is 15.9 Å². The average molecular weight is 256 g/mol. The Morgan fingerprint density at radius 1 is 1.50 bits per heavy atom. The van der Waals surface area contributed by atoms with Crippen molar-refractivity contribution in [2.45, 2.75) is 13.3 Å². The molecule has 1 aromatic rings. The van der Waals surface area contributed by atoms with Crippen LogP contribution in [0.2, 0.25) is 0 Å². The minimum absolute atomic E-state index is 0.371. The summed E-state index contributed by atoms with van der Waals surface area (Å²) >= 11 is 5.04. The second kappa shape index (κ2) is 4.17. The molecular weight excluding hydrogens is 251 g/mol. The Hall–Kier alpha value is -1.50. The van der Waals surface area contributed by atoms with Gasteiger partial charge in [-0.25, -0.2) is 0 Å². The number of carbonyl (C=O) groups is 1. The molecule has 0 aliphatic rings. The molecule has 1 N–H and O–H groups in total. The first-order valence-electron chi connectivity index (χ1n) is 3.90. The van der Waals surface area contributed by atoms with E-state index in [1.165, 1.54) is 0 Å². The molecule has 0 spiro atoms. The van der Waals surface area contributed by atoms with Gasteiger partial charge >= 0.3 is 6.36 Å². The Kier molecular flexibility index (Phi) is 3.27. The molecule has 8 heteroatoms. The summed E-state index contributed by atoms with van der Waals surface area (Å²) in [7, 11) is 0. The fraction of sp³-hybridized carbons (Fsp3) is 0.250. The zero-order valence-corrected chi connectivity index (χ0v) is 8.57. The van der Waals surface area contributed by atoms with Crippen LogP contribution in [0.25, 0.3) is 0 Å². The number of H-pyrrole nitrogens is 1. The van der Waals surface area contributed by atoms with Gasteiger partial charge in [0.15, 0.2) is 5.43 Å². The number of pyridine rings is 1. The van der Waals surface area contributed by atoms with Crippen molar-refractivity contribution >= 4 is 16.8 Å². The molecule has 0 bridgehead atoms. The minimum Gasteiger partial charge on any atom is -0.390 e. The predicted octanol–water partition coefficient (Wildman–Crippen LogP) is 1.96. The minimum atomic E-state index is -4.92. The number of aromatic amines is 1. The van der Waals surface area contributed by atoms with Crippen molar-refractivity contribution in [3.05, 3.63) is 27.5 Å². The molecule has 0 unspecified atom stereocenters. The quantitative estimate of drug-likeness (QED) is 0.822. The Labute approximate surface area is 92.0 Å². The van der Waals surface area contributed by atoms with Crippen LogP contribution in [0.5, 0.6) is 5.88 Å². The number of alkyl halides is 3. The third-order valence-electron chi connectivity index (χ3n) is 1.70. The smallest absolute Gasteiger partial charge is 0.390 e. The lowest BCUT2D eigenvalue weighted by Gasteiger charge is -2.10. The van der Waals surface area contributed by atoms with Gasteiger partial charge in [0.1, 0.15) is 0 Å². The van der Waals surface area contributed by atoms with E-state index in [1.54, 1.807) is 0 Å².